The Morgan fingerprint density at radius 1 is 1.03 bits per heavy atom. The summed E-state index contributed by atoms with van der Waals surface area (Å²) in [6.07, 6.45) is 1.41. The maximum absolute atomic E-state index is 12.8. The lowest BCUT2D eigenvalue weighted by Crippen LogP contribution is -2.16. The van der Waals surface area contributed by atoms with Gasteiger partial charge in [0.1, 0.15) is 11.4 Å². The minimum atomic E-state index is -0.452. The van der Waals surface area contributed by atoms with Crippen LogP contribution in [0.1, 0.15) is 28.0 Å². The molecule has 0 radical (unpaired) electrons. The molecule has 4 aromatic rings. The Balaban J connectivity index is 1.57. The molecule has 0 fully saturated rings. The molecule has 0 aliphatic heterocycles. The molecule has 2 aromatic heterocycles. The summed E-state index contributed by atoms with van der Waals surface area (Å²) in [6, 6.07) is 15.3. The fraction of sp³-hybridized carbons (Fsp3) is 0.0909. The number of nitrogens with one attached hydrogen (secondary N) is 3. The van der Waals surface area contributed by atoms with E-state index in [2.05, 4.69) is 15.6 Å². The molecular formula is C22H18ClN3O4. The number of halogens is 1. The van der Waals surface area contributed by atoms with Gasteiger partial charge in [0.25, 0.3) is 11.8 Å². The first kappa shape index (κ1) is 19.6. The molecule has 0 atom stereocenters. The van der Waals surface area contributed by atoms with Gasteiger partial charge in [-0.1, -0.05) is 11.6 Å². The Morgan fingerprint density at radius 2 is 1.87 bits per heavy atom. The topological polar surface area (TPSA) is 96.4 Å². The molecule has 0 unspecified atom stereocenters. The van der Waals surface area contributed by atoms with Crippen molar-refractivity contribution in [3.63, 3.8) is 0 Å². The van der Waals surface area contributed by atoms with E-state index in [0.29, 0.717) is 28.7 Å². The predicted molar refractivity (Wildman–Crippen MR) is 116 cm³/mol. The number of carbonyl (C=O) groups excluding carboxylic acids is 2. The number of hydrogen-bond donors (Lipinski definition) is 3. The normalized spacial score (nSPS) is 10.7. The minimum absolute atomic E-state index is 0.146. The molecule has 8 heteroatoms. The Hall–Kier alpha value is -3.71. The van der Waals surface area contributed by atoms with Crippen LogP contribution in [0.15, 0.2) is 65.3 Å². The molecule has 7 nitrogen and oxygen atoms in total. The van der Waals surface area contributed by atoms with Crippen molar-refractivity contribution in [2.75, 3.05) is 17.2 Å². The molecule has 30 heavy (non-hydrogen) atoms. The molecule has 2 heterocycles. The van der Waals surface area contributed by atoms with Crippen LogP contribution in [0.25, 0.3) is 10.9 Å². The third-order valence-electron chi connectivity index (χ3n) is 4.37. The summed E-state index contributed by atoms with van der Waals surface area (Å²) >= 11 is 6.07. The maximum atomic E-state index is 12.8. The van der Waals surface area contributed by atoms with E-state index >= 15 is 0 Å². The largest absolute Gasteiger partial charge is 0.494 e. The van der Waals surface area contributed by atoms with Crippen molar-refractivity contribution in [2.24, 2.45) is 0 Å². The third kappa shape index (κ3) is 4.16. The van der Waals surface area contributed by atoms with Crippen LogP contribution in [0.5, 0.6) is 5.75 Å². The summed E-state index contributed by atoms with van der Waals surface area (Å²) in [7, 11) is 0. The number of aromatic amines is 1. The lowest BCUT2D eigenvalue weighted by Gasteiger charge is -2.12. The summed E-state index contributed by atoms with van der Waals surface area (Å²) in [4.78, 5) is 28.2. The highest BCUT2D eigenvalue weighted by atomic mass is 35.5. The SMILES string of the molecule is CCOc1ccc2cc(C(=O)Nc3ccc(Cl)cc3NC(=O)c3ccco3)[nH]c2c1. The van der Waals surface area contributed by atoms with Crippen LogP contribution >= 0.6 is 11.6 Å². The zero-order valence-corrected chi connectivity index (χ0v) is 16.7. The van der Waals surface area contributed by atoms with E-state index in [4.69, 9.17) is 20.8 Å². The quantitative estimate of drug-likeness (QED) is 0.391. The summed E-state index contributed by atoms with van der Waals surface area (Å²) < 4.78 is 10.6. The van der Waals surface area contributed by atoms with Crippen molar-refractivity contribution in [2.45, 2.75) is 6.92 Å². The van der Waals surface area contributed by atoms with Gasteiger partial charge in [-0.3, -0.25) is 9.59 Å². The number of amides is 2. The Labute approximate surface area is 177 Å². The standard InChI is InChI=1S/C22H18ClN3O4/c1-2-29-15-7-5-13-10-19(24-17(13)12-15)21(27)25-16-8-6-14(23)11-18(16)26-22(28)20-4-3-9-30-20/h3-12,24H,2H2,1H3,(H,25,27)(H,26,28). The molecule has 152 valence electrons. The molecule has 0 aliphatic carbocycles. The van der Waals surface area contributed by atoms with Crippen molar-refractivity contribution in [3.05, 3.63) is 77.3 Å². The van der Waals surface area contributed by atoms with Crippen molar-refractivity contribution in [3.8, 4) is 5.75 Å². The third-order valence-corrected chi connectivity index (χ3v) is 4.61. The van der Waals surface area contributed by atoms with Gasteiger partial charge in [-0.25, -0.2) is 0 Å². The molecule has 0 saturated heterocycles. The summed E-state index contributed by atoms with van der Waals surface area (Å²) in [5.41, 5.74) is 1.91. The molecule has 0 bridgehead atoms. The van der Waals surface area contributed by atoms with Crippen molar-refractivity contribution in [1.82, 2.24) is 4.98 Å². The second-order valence-electron chi connectivity index (χ2n) is 6.44. The van der Waals surface area contributed by atoms with Gasteiger partial charge in [0.2, 0.25) is 0 Å². The highest BCUT2D eigenvalue weighted by Gasteiger charge is 2.16. The number of benzene rings is 2. The summed E-state index contributed by atoms with van der Waals surface area (Å²) in [6.45, 7) is 2.47. The van der Waals surface area contributed by atoms with Gasteiger partial charge >= 0.3 is 0 Å². The van der Waals surface area contributed by atoms with Gasteiger partial charge < -0.3 is 24.8 Å². The number of rotatable bonds is 6. The van der Waals surface area contributed by atoms with E-state index in [1.54, 1.807) is 36.4 Å². The molecule has 0 spiro atoms. The molecule has 4 rings (SSSR count). The van der Waals surface area contributed by atoms with Gasteiger partial charge in [-0.2, -0.15) is 0 Å². The van der Waals surface area contributed by atoms with Crippen molar-refractivity contribution in [1.29, 1.82) is 0 Å². The Kier molecular flexibility index (Phi) is 5.45. The van der Waals surface area contributed by atoms with Crippen LogP contribution in [0.3, 0.4) is 0 Å². The van der Waals surface area contributed by atoms with E-state index in [0.717, 1.165) is 16.7 Å². The molecule has 2 amide bonds. The van der Waals surface area contributed by atoms with E-state index < -0.39 is 5.91 Å². The highest BCUT2D eigenvalue weighted by molar-refractivity contribution is 6.31. The lowest BCUT2D eigenvalue weighted by atomic mass is 10.2. The van der Waals surface area contributed by atoms with Crippen LogP contribution in [-0.4, -0.2) is 23.4 Å². The van der Waals surface area contributed by atoms with E-state index in [9.17, 15) is 9.59 Å². The van der Waals surface area contributed by atoms with Crippen LogP contribution in [0, 0.1) is 0 Å². The maximum Gasteiger partial charge on any atom is 0.291 e. The van der Waals surface area contributed by atoms with Crippen LogP contribution in [0.2, 0.25) is 5.02 Å². The van der Waals surface area contributed by atoms with Gasteiger partial charge in [0, 0.05) is 22.0 Å². The van der Waals surface area contributed by atoms with Crippen molar-refractivity contribution >= 4 is 45.7 Å². The average Bonchev–Trinajstić information content (AvgIpc) is 3.39. The second kappa shape index (κ2) is 8.34. The summed E-state index contributed by atoms with van der Waals surface area (Å²) in [5.74, 6) is 0.0548. The average molecular weight is 424 g/mol. The number of ether oxygens (including phenoxy) is 1. The summed E-state index contributed by atoms with van der Waals surface area (Å²) in [5, 5.41) is 6.79. The Bertz CT molecular complexity index is 1210. The zero-order valence-electron chi connectivity index (χ0n) is 16.0. The second-order valence-corrected chi connectivity index (χ2v) is 6.88. The number of hydrogen-bond acceptors (Lipinski definition) is 4. The first-order chi connectivity index (χ1) is 14.5. The number of carbonyl (C=O) groups is 2. The zero-order chi connectivity index (χ0) is 21.1. The van der Waals surface area contributed by atoms with Gasteiger partial charge in [0.05, 0.1) is 24.2 Å². The lowest BCUT2D eigenvalue weighted by molar-refractivity contribution is 0.0993. The van der Waals surface area contributed by atoms with Crippen LogP contribution < -0.4 is 15.4 Å². The fourth-order valence-electron chi connectivity index (χ4n) is 3.00. The van der Waals surface area contributed by atoms with Gasteiger partial charge in [0.15, 0.2) is 5.76 Å². The van der Waals surface area contributed by atoms with Crippen molar-refractivity contribution < 1.29 is 18.7 Å². The smallest absolute Gasteiger partial charge is 0.291 e. The van der Waals surface area contributed by atoms with E-state index in [1.807, 2.05) is 25.1 Å². The van der Waals surface area contributed by atoms with E-state index in [1.165, 1.54) is 6.26 Å². The number of aromatic nitrogens is 1. The van der Waals surface area contributed by atoms with Gasteiger partial charge in [-0.15, -0.1) is 0 Å². The number of fused-ring (bicyclic) bond motifs is 1. The molecular weight excluding hydrogens is 406 g/mol. The first-order valence-electron chi connectivity index (χ1n) is 9.25. The number of H-pyrrole nitrogens is 1. The van der Waals surface area contributed by atoms with Crippen LogP contribution in [0.4, 0.5) is 11.4 Å². The molecule has 0 aliphatic rings. The molecule has 3 N–H and O–H groups in total. The van der Waals surface area contributed by atoms with E-state index in [-0.39, 0.29) is 11.7 Å². The first-order valence-corrected chi connectivity index (χ1v) is 9.62. The number of anilines is 2. The van der Waals surface area contributed by atoms with Crippen LogP contribution in [-0.2, 0) is 0 Å². The Morgan fingerprint density at radius 3 is 2.63 bits per heavy atom. The monoisotopic (exact) mass is 423 g/mol. The molecule has 2 aromatic carbocycles. The predicted octanol–water partition coefficient (Wildman–Crippen LogP) is 5.32. The highest BCUT2D eigenvalue weighted by Crippen LogP contribution is 2.28. The minimum Gasteiger partial charge on any atom is -0.494 e. The fourth-order valence-corrected chi connectivity index (χ4v) is 3.17. The van der Waals surface area contributed by atoms with Gasteiger partial charge in [-0.05, 0) is 55.5 Å². The molecule has 0 saturated carbocycles. The number of furan rings is 1.